The van der Waals surface area contributed by atoms with E-state index in [0.29, 0.717) is 23.6 Å². The molecule has 96 valence electrons. The molecule has 1 aliphatic rings. The highest BCUT2D eigenvalue weighted by Crippen LogP contribution is 2.20. The van der Waals surface area contributed by atoms with Crippen molar-refractivity contribution in [2.75, 3.05) is 26.7 Å². The molecule has 18 heavy (non-hydrogen) atoms. The standard InChI is InChI=1S/C14H18FN3/c1-17-8-12-4-5-18(9-12)10-13-6-11(7-16)2-3-14(13)15/h2-3,6,12,17H,4-5,8-10H2,1H3. The number of nitriles is 1. The zero-order valence-electron chi connectivity index (χ0n) is 10.6. The summed E-state index contributed by atoms with van der Waals surface area (Å²) in [5.74, 6) is 0.434. The van der Waals surface area contributed by atoms with Crippen LogP contribution in [0.1, 0.15) is 17.5 Å². The lowest BCUT2D eigenvalue weighted by Gasteiger charge is -2.16. The van der Waals surface area contributed by atoms with Crippen LogP contribution in [0, 0.1) is 23.1 Å². The molecule has 0 aromatic heterocycles. The fraction of sp³-hybridized carbons (Fsp3) is 0.500. The molecule has 0 aliphatic carbocycles. The fourth-order valence-electron chi connectivity index (χ4n) is 2.52. The van der Waals surface area contributed by atoms with Crippen molar-refractivity contribution in [2.24, 2.45) is 5.92 Å². The Morgan fingerprint density at radius 2 is 2.39 bits per heavy atom. The van der Waals surface area contributed by atoms with Crippen molar-refractivity contribution in [3.05, 3.63) is 35.1 Å². The van der Waals surface area contributed by atoms with Crippen LogP contribution in [0.3, 0.4) is 0 Å². The van der Waals surface area contributed by atoms with Gasteiger partial charge in [-0.05, 0) is 50.7 Å². The molecule has 1 saturated heterocycles. The van der Waals surface area contributed by atoms with E-state index < -0.39 is 0 Å². The SMILES string of the molecule is CNCC1CCN(Cc2cc(C#N)ccc2F)C1. The molecule has 1 fully saturated rings. The molecule has 1 unspecified atom stereocenters. The van der Waals surface area contributed by atoms with Gasteiger partial charge in [-0.15, -0.1) is 0 Å². The maximum absolute atomic E-state index is 13.7. The smallest absolute Gasteiger partial charge is 0.127 e. The largest absolute Gasteiger partial charge is 0.319 e. The maximum Gasteiger partial charge on any atom is 0.127 e. The quantitative estimate of drug-likeness (QED) is 0.881. The Kier molecular flexibility index (Phi) is 4.29. The van der Waals surface area contributed by atoms with Gasteiger partial charge >= 0.3 is 0 Å². The molecule has 1 N–H and O–H groups in total. The molecule has 0 spiro atoms. The van der Waals surface area contributed by atoms with Crippen LogP contribution in [0.15, 0.2) is 18.2 Å². The topological polar surface area (TPSA) is 39.1 Å². The van der Waals surface area contributed by atoms with Crippen LogP contribution in [0.4, 0.5) is 4.39 Å². The molecular weight excluding hydrogens is 229 g/mol. The van der Waals surface area contributed by atoms with Crippen LogP contribution in [0.5, 0.6) is 0 Å². The summed E-state index contributed by atoms with van der Waals surface area (Å²) in [5.41, 5.74) is 1.15. The highest BCUT2D eigenvalue weighted by Gasteiger charge is 2.22. The highest BCUT2D eigenvalue weighted by atomic mass is 19.1. The first kappa shape index (κ1) is 13.0. The molecule has 0 bridgehead atoms. The van der Waals surface area contributed by atoms with Gasteiger partial charge in [-0.1, -0.05) is 0 Å². The normalized spacial score (nSPS) is 19.9. The van der Waals surface area contributed by atoms with Gasteiger partial charge in [0.15, 0.2) is 0 Å². The monoisotopic (exact) mass is 247 g/mol. The average molecular weight is 247 g/mol. The number of hydrogen-bond donors (Lipinski definition) is 1. The van der Waals surface area contributed by atoms with E-state index in [-0.39, 0.29) is 5.82 Å². The van der Waals surface area contributed by atoms with E-state index in [4.69, 9.17) is 5.26 Å². The number of nitrogens with zero attached hydrogens (tertiary/aromatic N) is 2. The van der Waals surface area contributed by atoms with Gasteiger partial charge in [0.1, 0.15) is 5.82 Å². The number of likely N-dealkylation sites (tertiary alicyclic amines) is 1. The summed E-state index contributed by atoms with van der Waals surface area (Å²) in [4.78, 5) is 2.25. The molecule has 0 radical (unpaired) electrons. The van der Waals surface area contributed by atoms with Gasteiger partial charge in [-0.25, -0.2) is 4.39 Å². The molecule has 2 rings (SSSR count). The van der Waals surface area contributed by atoms with Crippen molar-refractivity contribution >= 4 is 0 Å². The first-order valence-electron chi connectivity index (χ1n) is 6.28. The van der Waals surface area contributed by atoms with Crippen LogP contribution in [0.2, 0.25) is 0 Å². The molecule has 0 saturated carbocycles. The van der Waals surface area contributed by atoms with Crippen molar-refractivity contribution in [1.82, 2.24) is 10.2 Å². The zero-order chi connectivity index (χ0) is 13.0. The second-order valence-corrected chi connectivity index (χ2v) is 4.87. The van der Waals surface area contributed by atoms with E-state index in [1.807, 2.05) is 7.05 Å². The second-order valence-electron chi connectivity index (χ2n) is 4.87. The Morgan fingerprint density at radius 1 is 1.56 bits per heavy atom. The highest BCUT2D eigenvalue weighted by molar-refractivity contribution is 5.33. The molecular formula is C14H18FN3. The van der Waals surface area contributed by atoms with Crippen LogP contribution in [0.25, 0.3) is 0 Å². The van der Waals surface area contributed by atoms with Gasteiger partial charge in [0.05, 0.1) is 11.6 Å². The average Bonchev–Trinajstić information content (AvgIpc) is 2.80. The lowest BCUT2D eigenvalue weighted by atomic mass is 10.1. The van der Waals surface area contributed by atoms with E-state index in [0.717, 1.165) is 26.1 Å². The first-order chi connectivity index (χ1) is 8.72. The third-order valence-corrected chi connectivity index (χ3v) is 3.43. The van der Waals surface area contributed by atoms with Crippen molar-refractivity contribution in [3.63, 3.8) is 0 Å². The summed E-state index contributed by atoms with van der Waals surface area (Å²) >= 11 is 0. The minimum Gasteiger partial charge on any atom is -0.319 e. The van der Waals surface area contributed by atoms with Gasteiger partial charge in [0, 0.05) is 18.7 Å². The molecule has 1 aromatic rings. The Hall–Kier alpha value is -1.44. The van der Waals surface area contributed by atoms with Gasteiger partial charge in [-0.3, -0.25) is 4.90 Å². The van der Waals surface area contributed by atoms with Gasteiger partial charge in [-0.2, -0.15) is 5.26 Å². The maximum atomic E-state index is 13.7. The molecule has 1 aliphatic heterocycles. The second kappa shape index (κ2) is 5.94. The molecule has 3 nitrogen and oxygen atoms in total. The van der Waals surface area contributed by atoms with E-state index in [2.05, 4.69) is 16.3 Å². The van der Waals surface area contributed by atoms with Crippen molar-refractivity contribution in [2.45, 2.75) is 13.0 Å². The van der Waals surface area contributed by atoms with Crippen LogP contribution < -0.4 is 5.32 Å². The summed E-state index contributed by atoms with van der Waals surface area (Å²) in [6, 6.07) is 6.61. The van der Waals surface area contributed by atoms with Crippen molar-refractivity contribution in [3.8, 4) is 6.07 Å². The summed E-state index contributed by atoms with van der Waals surface area (Å²) < 4.78 is 13.7. The van der Waals surface area contributed by atoms with Crippen molar-refractivity contribution in [1.29, 1.82) is 5.26 Å². The third kappa shape index (κ3) is 3.06. The summed E-state index contributed by atoms with van der Waals surface area (Å²) in [6.07, 6.45) is 1.15. The summed E-state index contributed by atoms with van der Waals surface area (Å²) in [5, 5.41) is 12.0. The Balaban J connectivity index is 2.00. The number of benzene rings is 1. The van der Waals surface area contributed by atoms with Crippen molar-refractivity contribution < 1.29 is 4.39 Å². The number of nitrogens with one attached hydrogen (secondary N) is 1. The molecule has 1 atom stereocenters. The number of halogens is 1. The molecule has 4 heteroatoms. The number of rotatable bonds is 4. The minimum absolute atomic E-state index is 0.217. The van der Waals surface area contributed by atoms with E-state index in [9.17, 15) is 4.39 Å². The van der Waals surface area contributed by atoms with Gasteiger partial charge < -0.3 is 5.32 Å². The molecule has 0 amide bonds. The Bertz CT molecular complexity index is 453. The van der Waals surface area contributed by atoms with Crippen LogP contribution in [-0.2, 0) is 6.54 Å². The van der Waals surface area contributed by atoms with Crippen LogP contribution >= 0.6 is 0 Å². The predicted octanol–water partition coefficient (Wildman–Crippen LogP) is 1.74. The first-order valence-corrected chi connectivity index (χ1v) is 6.28. The van der Waals surface area contributed by atoms with E-state index in [1.54, 1.807) is 6.07 Å². The van der Waals surface area contributed by atoms with E-state index in [1.165, 1.54) is 12.1 Å². The molecule has 1 heterocycles. The van der Waals surface area contributed by atoms with Crippen LogP contribution in [-0.4, -0.2) is 31.6 Å². The van der Waals surface area contributed by atoms with Gasteiger partial charge in [0.2, 0.25) is 0 Å². The lowest BCUT2D eigenvalue weighted by molar-refractivity contribution is 0.310. The van der Waals surface area contributed by atoms with Gasteiger partial charge in [0.25, 0.3) is 0 Å². The van der Waals surface area contributed by atoms with E-state index >= 15 is 0 Å². The Labute approximate surface area is 107 Å². The fourth-order valence-corrected chi connectivity index (χ4v) is 2.52. The third-order valence-electron chi connectivity index (χ3n) is 3.43. The minimum atomic E-state index is -0.217. The summed E-state index contributed by atoms with van der Waals surface area (Å²) in [6.45, 7) is 3.61. The number of hydrogen-bond acceptors (Lipinski definition) is 3. The molecule has 1 aromatic carbocycles. The summed E-state index contributed by atoms with van der Waals surface area (Å²) in [7, 11) is 1.96. The Morgan fingerprint density at radius 3 is 3.11 bits per heavy atom. The lowest BCUT2D eigenvalue weighted by Crippen LogP contribution is -2.24. The zero-order valence-corrected chi connectivity index (χ0v) is 10.6. The predicted molar refractivity (Wildman–Crippen MR) is 68.4 cm³/mol.